The summed E-state index contributed by atoms with van der Waals surface area (Å²) in [4.78, 5) is 22.1. The van der Waals surface area contributed by atoms with Crippen molar-refractivity contribution in [3.63, 3.8) is 0 Å². The molecule has 1 heterocycles. The quantitative estimate of drug-likeness (QED) is 0.784. The Morgan fingerprint density at radius 2 is 2.12 bits per heavy atom. The summed E-state index contributed by atoms with van der Waals surface area (Å²) in [5.41, 5.74) is -0.233. The van der Waals surface area contributed by atoms with E-state index in [4.69, 9.17) is 5.11 Å². The van der Waals surface area contributed by atoms with E-state index in [1.54, 1.807) is 0 Å². The van der Waals surface area contributed by atoms with Crippen LogP contribution in [0.3, 0.4) is 0 Å². The number of amides is 1. The zero-order chi connectivity index (χ0) is 12.3. The molecule has 0 saturated carbocycles. The first kappa shape index (κ1) is 12.2. The van der Waals surface area contributed by atoms with Crippen molar-refractivity contribution in [3.8, 4) is 0 Å². The van der Waals surface area contributed by atoms with Crippen molar-refractivity contribution in [2.75, 3.05) is 0 Å². The van der Waals surface area contributed by atoms with E-state index in [0.29, 0.717) is 0 Å². The third-order valence-corrected chi connectivity index (χ3v) is 1.70. The van der Waals surface area contributed by atoms with Gasteiger partial charge in [-0.15, -0.1) is 0 Å². The topological polar surface area (TPSA) is 84.2 Å². The highest BCUT2D eigenvalue weighted by atomic mass is 16.4. The fraction of sp³-hybridized carbons (Fsp3) is 0.500. The molecule has 1 rings (SSSR count). The van der Waals surface area contributed by atoms with Crippen LogP contribution in [0.1, 0.15) is 31.1 Å². The van der Waals surface area contributed by atoms with Crippen LogP contribution in [-0.2, 0) is 11.3 Å². The van der Waals surface area contributed by atoms with Gasteiger partial charge in [-0.25, -0.2) is 4.79 Å². The molecule has 88 valence electrons. The Hall–Kier alpha value is -1.85. The summed E-state index contributed by atoms with van der Waals surface area (Å²) in [5.74, 6) is -1.25. The normalized spacial score (nSPS) is 11.2. The summed E-state index contributed by atoms with van der Waals surface area (Å²) in [7, 11) is 0. The molecule has 6 heteroatoms. The number of nitrogens with one attached hydrogen (secondary N) is 1. The van der Waals surface area contributed by atoms with E-state index in [-0.39, 0.29) is 23.6 Å². The number of rotatable bonds is 3. The van der Waals surface area contributed by atoms with Crippen molar-refractivity contribution in [1.29, 1.82) is 0 Å². The van der Waals surface area contributed by atoms with E-state index in [1.165, 1.54) is 17.1 Å². The molecule has 2 N–H and O–H groups in total. The van der Waals surface area contributed by atoms with Gasteiger partial charge in [0.15, 0.2) is 0 Å². The summed E-state index contributed by atoms with van der Waals surface area (Å²) in [6.45, 7) is 5.63. The summed E-state index contributed by atoms with van der Waals surface area (Å²) < 4.78 is 1.30. The Morgan fingerprint density at radius 3 is 2.56 bits per heavy atom. The number of carbonyl (C=O) groups is 2. The molecule has 6 nitrogen and oxygen atoms in total. The molecule has 0 aliphatic rings. The van der Waals surface area contributed by atoms with Crippen molar-refractivity contribution in [2.45, 2.75) is 32.9 Å². The molecule has 0 radical (unpaired) electrons. The van der Waals surface area contributed by atoms with Crippen LogP contribution in [0.2, 0.25) is 0 Å². The molecule has 0 saturated heterocycles. The van der Waals surface area contributed by atoms with Crippen LogP contribution in [0.25, 0.3) is 0 Å². The van der Waals surface area contributed by atoms with Crippen LogP contribution in [0, 0.1) is 0 Å². The van der Waals surface area contributed by atoms with Crippen LogP contribution >= 0.6 is 0 Å². The summed E-state index contributed by atoms with van der Waals surface area (Å²) in [6.07, 6.45) is 2.54. The summed E-state index contributed by atoms with van der Waals surface area (Å²) in [5, 5.41) is 15.2. The van der Waals surface area contributed by atoms with E-state index < -0.39 is 5.97 Å². The van der Waals surface area contributed by atoms with Gasteiger partial charge in [-0.05, 0) is 20.8 Å². The highest BCUT2D eigenvalue weighted by Gasteiger charge is 2.14. The van der Waals surface area contributed by atoms with E-state index in [9.17, 15) is 9.59 Å². The first-order valence-electron chi connectivity index (χ1n) is 4.85. The molecular formula is C10H15N3O3. The van der Waals surface area contributed by atoms with E-state index >= 15 is 0 Å². The number of aromatic nitrogens is 2. The second-order valence-electron chi connectivity index (χ2n) is 4.53. The zero-order valence-corrected chi connectivity index (χ0v) is 9.52. The number of hydrogen-bond acceptors (Lipinski definition) is 3. The first-order chi connectivity index (χ1) is 7.28. The molecule has 0 unspecified atom stereocenters. The standard InChI is InChI=1S/C10H15N3O3/c1-10(2,3)12-8(14)6-13-5-7(4-11-13)9(15)16/h4-5H,6H2,1-3H3,(H,12,14)(H,15,16). The van der Waals surface area contributed by atoms with Crippen molar-refractivity contribution in [1.82, 2.24) is 15.1 Å². The van der Waals surface area contributed by atoms with Gasteiger partial charge in [-0.1, -0.05) is 0 Å². The van der Waals surface area contributed by atoms with E-state index in [1.807, 2.05) is 20.8 Å². The molecule has 0 atom stereocenters. The van der Waals surface area contributed by atoms with Gasteiger partial charge in [0, 0.05) is 11.7 Å². The molecular weight excluding hydrogens is 210 g/mol. The fourth-order valence-electron chi connectivity index (χ4n) is 1.17. The minimum Gasteiger partial charge on any atom is -0.478 e. The second kappa shape index (κ2) is 4.34. The van der Waals surface area contributed by atoms with Crippen molar-refractivity contribution in [2.24, 2.45) is 0 Å². The molecule has 1 aromatic rings. The molecule has 0 spiro atoms. The smallest absolute Gasteiger partial charge is 0.338 e. The highest BCUT2D eigenvalue weighted by molar-refractivity contribution is 5.87. The van der Waals surface area contributed by atoms with Gasteiger partial charge >= 0.3 is 5.97 Å². The Balaban J connectivity index is 2.60. The number of carbonyl (C=O) groups excluding carboxylic acids is 1. The lowest BCUT2D eigenvalue weighted by atomic mass is 10.1. The van der Waals surface area contributed by atoms with Crippen LogP contribution in [0.15, 0.2) is 12.4 Å². The maximum absolute atomic E-state index is 11.5. The third-order valence-electron chi connectivity index (χ3n) is 1.70. The first-order valence-corrected chi connectivity index (χ1v) is 4.85. The number of carboxylic acids is 1. The number of aromatic carboxylic acids is 1. The van der Waals surface area contributed by atoms with Gasteiger partial charge in [-0.2, -0.15) is 5.10 Å². The van der Waals surface area contributed by atoms with Crippen LogP contribution in [-0.4, -0.2) is 32.3 Å². The van der Waals surface area contributed by atoms with Gasteiger partial charge < -0.3 is 10.4 Å². The highest BCUT2D eigenvalue weighted by Crippen LogP contribution is 2.00. The average molecular weight is 225 g/mol. The lowest BCUT2D eigenvalue weighted by Gasteiger charge is -2.20. The summed E-state index contributed by atoms with van der Waals surface area (Å²) >= 11 is 0. The predicted octanol–water partition coefficient (Wildman–Crippen LogP) is 0.496. The maximum atomic E-state index is 11.5. The second-order valence-corrected chi connectivity index (χ2v) is 4.53. The monoisotopic (exact) mass is 225 g/mol. The lowest BCUT2D eigenvalue weighted by Crippen LogP contribution is -2.42. The Labute approximate surface area is 93.3 Å². The van der Waals surface area contributed by atoms with Gasteiger partial charge in [-0.3, -0.25) is 9.48 Å². The SMILES string of the molecule is CC(C)(C)NC(=O)Cn1cc(C(=O)O)cn1. The average Bonchev–Trinajstić information content (AvgIpc) is 2.48. The van der Waals surface area contributed by atoms with Crippen LogP contribution in [0.4, 0.5) is 0 Å². The molecule has 0 aliphatic carbocycles. The molecule has 16 heavy (non-hydrogen) atoms. The minimum atomic E-state index is -1.05. The Kier molecular flexibility index (Phi) is 3.31. The third kappa shape index (κ3) is 3.72. The van der Waals surface area contributed by atoms with Crippen LogP contribution < -0.4 is 5.32 Å². The lowest BCUT2D eigenvalue weighted by molar-refractivity contribution is -0.123. The van der Waals surface area contributed by atoms with Crippen molar-refractivity contribution >= 4 is 11.9 Å². The molecule has 1 amide bonds. The van der Waals surface area contributed by atoms with Gasteiger partial charge in [0.05, 0.1) is 11.8 Å². The van der Waals surface area contributed by atoms with Gasteiger partial charge in [0.2, 0.25) is 5.91 Å². The maximum Gasteiger partial charge on any atom is 0.338 e. The fourth-order valence-corrected chi connectivity index (χ4v) is 1.17. The van der Waals surface area contributed by atoms with Crippen molar-refractivity contribution < 1.29 is 14.7 Å². The number of carboxylic acid groups (broad SMARTS) is 1. The van der Waals surface area contributed by atoms with E-state index in [2.05, 4.69) is 10.4 Å². The Bertz CT molecular complexity index is 404. The Morgan fingerprint density at radius 1 is 1.50 bits per heavy atom. The van der Waals surface area contributed by atoms with E-state index in [0.717, 1.165) is 0 Å². The predicted molar refractivity (Wildman–Crippen MR) is 57.1 cm³/mol. The minimum absolute atomic E-state index is 0.0184. The molecule has 0 aliphatic heterocycles. The molecule has 0 aromatic carbocycles. The van der Waals surface area contributed by atoms with Gasteiger partial charge in [0.1, 0.15) is 6.54 Å². The largest absolute Gasteiger partial charge is 0.478 e. The number of hydrogen-bond donors (Lipinski definition) is 2. The zero-order valence-electron chi connectivity index (χ0n) is 9.52. The molecule has 0 fully saturated rings. The summed E-state index contributed by atoms with van der Waals surface area (Å²) in [6, 6.07) is 0. The van der Waals surface area contributed by atoms with Gasteiger partial charge in [0.25, 0.3) is 0 Å². The number of nitrogens with zero attached hydrogens (tertiary/aromatic N) is 2. The van der Waals surface area contributed by atoms with Crippen molar-refractivity contribution in [3.05, 3.63) is 18.0 Å². The van der Waals surface area contributed by atoms with Crippen LogP contribution in [0.5, 0.6) is 0 Å². The molecule has 0 bridgehead atoms. The molecule has 1 aromatic heterocycles.